The lowest BCUT2D eigenvalue weighted by Gasteiger charge is -2.39. The number of esters is 1. The van der Waals surface area contributed by atoms with Crippen LogP contribution in [0.3, 0.4) is 0 Å². The summed E-state index contributed by atoms with van der Waals surface area (Å²) in [5.74, 6) is 0.158. The molecule has 1 saturated heterocycles. The van der Waals surface area contributed by atoms with Crippen molar-refractivity contribution in [2.24, 2.45) is 5.92 Å². The molecule has 1 aromatic carbocycles. The van der Waals surface area contributed by atoms with E-state index in [-0.39, 0.29) is 17.9 Å². The van der Waals surface area contributed by atoms with Crippen molar-refractivity contribution in [3.63, 3.8) is 0 Å². The predicted octanol–water partition coefficient (Wildman–Crippen LogP) is 3.11. The Morgan fingerprint density at radius 3 is 3.14 bits per heavy atom. The lowest BCUT2D eigenvalue weighted by atomic mass is 9.80. The summed E-state index contributed by atoms with van der Waals surface area (Å²) in [4.78, 5) is 18.4. The van der Waals surface area contributed by atoms with Crippen LogP contribution in [0.2, 0.25) is 0 Å². The van der Waals surface area contributed by atoms with Crippen LogP contribution >= 0.6 is 0 Å². The zero-order valence-corrected chi connectivity index (χ0v) is 16.5. The molecule has 1 fully saturated rings. The number of hydrogen-bond acceptors (Lipinski definition) is 4. The fraction of sp³-hybridized carbons (Fsp3) is 0.522. The van der Waals surface area contributed by atoms with Crippen LogP contribution in [0.15, 0.2) is 30.5 Å². The molecule has 148 valence electrons. The third kappa shape index (κ3) is 3.16. The number of likely N-dealkylation sites (N-methyl/N-ethyl adjacent to an activating group) is 1. The van der Waals surface area contributed by atoms with Crippen LogP contribution < -0.4 is 5.32 Å². The molecular formula is C23H29N3O2. The Hall–Kier alpha value is -2.11. The second kappa shape index (κ2) is 7.37. The molecule has 0 radical (unpaired) electrons. The lowest BCUT2D eigenvalue weighted by molar-refractivity contribution is -0.147. The normalized spacial score (nSPS) is 27.8. The molecule has 1 aromatic heterocycles. The van der Waals surface area contributed by atoms with E-state index in [4.69, 9.17) is 4.74 Å². The van der Waals surface area contributed by atoms with Gasteiger partial charge in [0, 0.05) is 35.6 Å². The van der Waals surface area contributed by atoms with Gasteiger partial charge in [0.2, 0.25) is 0 Å². The maximum atomic E-state index is 12.5. The maximum absolute atomic E-state index is 12.5. The van der Waals surface area contributed by atoms with Crippen molar-refractivity contribution in [3.05, 3.63) is 41.6 Å². The summed E-state index contributed by atoms with van der Waals surface area (Å²) >= 11 is 0. The van der Waals surface area contributed by atoms with Gasteiger partial charge in [-0.05, 0) is 55.6 Å². The second-order valence-corrected chi connectivity index (χ2v) is 8.57. The topological polar surface area (TPSA) is 57.4 Å². The minimum Gasteiger partial charge on any atom is -0.464 e. The molecular weight excluding hydrogens is 350 g/mol. The first-order valence-electron chi connectivity index (χ1n) is 10.6. The van der Waals surface area contributed by atoms with Crippen molar-refractivity contribution < 1.29 is 9.53 Å². The van der Waals surface area contributed by atoms with Crippen LogP contribution in [0.25, 0.3) is 16.5 Å². The average molecular weight is 380 g/mol. The van der Waals surface area contributed by atoms with Gasteiger partial charge in [-0.25, -0.2) is 0 Å². The van der Waals surface area contributed by atoms with Crippen LogP contribution in [-0.4, -0.2) is 54.7 Å². The number of aromatic nitrogens is 1. The standard InChI is InChI=1S/C23H29N3O2/c1-26-13-15(14-28-23(27)20-7-3-2-4-9-24-20)10-18-17-6-5-8-19-22(17)16(12-25-19)11-21(18)26/h5-6,8,10,12,15,20-21,24-25H,2-4,7,9,11,13-14H2,1H3/t15?,20?,21-/m0/s1. The molecule has 0 saturated carbocycles. The number of benzene rings is 1. The van der Waals surface area contributed by atoms with Gasteiger partial charge >= 0.3 is 5.97 Å². The summed E-state index contributed by atoms with van der Waals surface area (Å²) < 4.78 is 5.75. The number of ether oxygens (including phenoxy) is 1. The first-order chi connectivity index (χ1) is 13.7. The van der Waals surface area contributed by atoms with E-state index in [1.807, 2.05) is 0 Å². The first kappa shape index (κ1) is 18.0. The number of aromatic amines is 1. The van der Waals surface area contributed by atoms with Gasteiger partial charge in [-0.2, -0.15) is 0 Å². The molecule has 2 aliphatic heterocycles. The smallest absolute Gasteiger partial charge is 0.323 e. The molecule has 3 aliphatic rings. The Kier molecular flexibility index (Phi) is 4.73. The molecule has 2 N–H and O–H groups in total. The SMILES string of the molecule is CN1CC(COC(=O)C2CCCCCN2)C=C2c3cccc4[nH]cc(c34)C[C@@H]21. The summed E-state index contributed by atoms with van der Waals surface area (Å²) in [5.41, 5.74) is 5.34. The number of nitrogens with zero attached hydrogens (tertiary/aromatic N) is 1. The number of carbonyl (C=O) groups is 1. The van der Waals surface area contributed by atoms with Crippen LogP contribution in [0.4, 0.5) is 0 Å². The van der Waals surface area contributed by atoms with Crippen LogP contribution in [0.5, 0.6) is 0 Å². The van der Waals surface area contributed by atoms with E-state index in [0.717, 1.165) is 38.8 Å². The van der Waals surface area contributed by atoms with Gasteiger partial charge < -0.3 is 15.0 Å². The van der Waals surface area contributed by atoms with E-state index in [0.29, 0.717) is 12.6 Å². The third-order valence-electron chi connectivity index (χ3n) is 6.63. The molecule has 5 nitrogen and oxygen atoms in total. The van der Waals surface area contributed by atoms with Crippen molar-refractivity contribution in [3.8, 4) is 0 Å². The average Bonchev–Trinajstić information content (AvgIpc) is 2.94. The van der Waals surface area contributed by atoms with Gasteiger partial charge in [-0.3, -0.25) is 9.69 Å². The van der Waals surface area contributed by atoms with Crippen LogP contribution in [0.1, 0.15) is 36.8 Å². The van der Waals surface area contributed by atoms with E-state index in [1.54, 1.807) is 0 Å². The third-order valence-corrected chi connectivity index (χ3v) is 6.63. The van der Waals surface area contributed by atoms with Gasteiger partial charge in [-0.1, -0.05) is 31.1 Å². The van der Waals surface area contributed by atoms with Crippen LogP contribution in [-0.2, 0) is 16.0 Å². The van der Waals surface area contributed by atoms with E-state index < -0.39 is 0 Å². The number of fused-ring (bicyclic) bond motifs is 2. The fourth-order valence-corrected chi connectivity index (χ4v) is 5.17. The summed E-state index contributed by atoms with van der Waals surface area (Å²) in [7, 11) is 2.19. The second-order valence-electron chi connectivity index (χ2n) is 8.57. The van der Waals surface area contributed by atoms with Crippen molar-refractivity contribution in [2.75, 3.05) is 26.7 Å². The quantitative estimate of drug-likeness (QED) is 0.805. The molecule has 0 bridgehead atoms. The van der Waals surface area contributed by atoms with E-state index in [9.17, 15) is 4.79 Å². The Bertz CT molecular complexity index is 908. The van der Waals surface area contributed by atoms with Crippen molar-refractivity contribution in [1.82, 2.24) is 15.2 Å². The molecule has 5 heteroatoms. The monoisotopic (exact) mass is 379 g/mol. The van der Waals surface area contributed by atoms with Gasteiger partial charge in [0.05, 0.1) is 6.61 Å². The Labute approximate surface area is 166 Å². The lowest BCUT2D eigenvalue weighted by Crippen LogP contribution is -2.44. The summed E-state index contributed by atoms with van der Waals surface area (Å²) in [6.45, 7) is 2.31. The van der Waals surface area contributed by atoms with Gasteiger partial charge in [0.1, 0.15) is 6.04 Å². The summed E-state index contributed by atoms with van der Waals surface area (Å²) in [5, 5.41) is 4.70. The highest BCUT2D eigenvalue weighted by atomic mass is 16.5. The van der Waals surface area contributed by atoms with E-state index in [1.165, 1.54) is 34.0 Å². The number of H-pyrrole nitrogens is 1. The Morgan fingerprint density at radius 1 is 1.29 bits per heavy atom. The molecule has 3 heterocycles. The molecule has 0 amide bonds. The van der Waals surface area contributed by atoms with Gasteiger partial charge in [0.15, 0.2) is 0 Å². The molecule has 1 aliphatic carbocycles. The van der Waals surface area contributed by atoms with Gasteiger partial charge in [0.25, 0.3) is 0 Å². The minimum atomic E-state index is -0.130. The zero-order chi connectivity index (χ0) is 19.1. The summed E-state index contributed by atoms with van der Waals surface area (Å²) in [6, 6.07) is 6.78. The van der Waals surface area contributed by atoms with Crippen molar-refractivity contribution >= 4 is 22.4 Å². The van der Waals surface area contributed by atoms with Crippen LogP contribution in [0, 0.1) is 5.92 Å². The number of carbonyl (C=O) groups excluding carboxylic acids is 1. The Balaban J connectivity index is 1.35. The van der Waals surface area contributed by atoms with E-state index >= 15 is 0 Å². The molecule has 2 unspecified atom stereocenters. The zero-order valence-electron chi connectivity index (χ0n) is 16.5. The molecule has 0 spiro atoms. The number of hydrogen-bond donors (Lipinski definition) is 2. The molecule has 2 aromatic rings. The van der Waals surface area contributed by atoms with Gasteiger partial charge in [-0.15, -0.1) is 0 Å². The summed E-state index contributed by atoms with van der Waals surface area (Å²) in [6.07, 6.45) is 9.91. The first-order valence-corrected chi connectivity index (χ1v) is 10.6. The largest absolute Gasteiger partial charge is 0.464 e. The molecule has 3 atom stereocenters. The minimum absolute atomic E-state index is 0.0799. The number of rotatable bonds is 3. The van der Waals surface area contributed by atoms with E-state index in [2.05, 4.69) is 52.7 Å². The predicted molar refractivity (Wildman–Crippen MR) is 111 cm³/mol. The maximum Gasteiger partial charge on any atom is 0.323 e. The highest BCUT2D eigenvalue weighted by Crippen LogP contribution is 2.40. The highest BCUT2D eigenvalue weighted by molar-refractivity contribution is 5.98. The van der Waals surface area contributed by atoms with Crippen molar-refractivity contribution in [1.29, 1.82) is 0 Å². The molecule has 28 heavy (non-hydrogen) atoms. The fourth-order valence-electron chi connectivity index (χ4n) is 5.17. The highest BCUT2D eigenvalue weighted by Gasteiger charge is 2.34. The molecule has 5 rings (SSSR count). The number of nitrogens with one attached hydrogen (secondary N) is 2. The Morgan fingerprint density at radius 2 is 2.21 bits per heavy atom. The van der Waals surface area contributed by atoms with Crippen molar-refractivity contribution in [2.45, 2.75) is 44.2 Å².